The molecule has 2 fully saturated rings. The molecule has 2 unspecified atom stereocenters. The summed E-state index contributed by atoms with van der Waals surface area (Å²) in [4.78, 5) is 16.8. The van der Waals surface area contributed by atoms with E-state index in [2.05, 4.69) is 15.6 Å². The van der Waals surface area contributed by atoms with Crippen LogP contribution in [0.3, 0.4) is 0 Å². The number of nitrogens with zero attached hydrogens (tertiary/aromatic N) is 3. The monoisotopic (exact) mass is 457 g/mol. The van der Waals surface area contributed by atoms with Crippen LogP contribution in [0.1, 0.15) is 74.1 Å². The Balaban J connectivity index is 1.51. The van der Waals surface area contributed by atoms with Crippen LogP contribution in [0.2, 0.25) is 0 Å². The quantitative estimate of drug-likeness (QED) is 0.680. The van der Waals surface area contributed by atoms with Crippen molar-refractivity contribution in [3.8, 4) is 0 Å². The largest absolute Gasteiger partial charge is 0.514 e. The third-order valence-electron chi connectivity index (χ3n) is 6.71. The van der Waals surface area contributed by atoms with E-state index in [1.165, 1.54) is 0 Å². The van der Waals surface area contributed by atoms with Crippen LogP contribution < -0.4 is 16.2 Å². The number of aromatic nitrogens is 3. The van der Waals surface area contributed by atoms with E-state index in [1.807, 2.05) is 65.1 Å². The maximum Gasteiger partial charge on any atom is 0.514 e. The lowest BCUT2D eigenvalue weighted by molar-refractivity contribution is 0.00578. The summed E-state index contributed by atoms with van der Waals surface area (Å²) in [5.74, 6) is 0.499. The fourth-order valence-corrected chi connectivity index (χ4v) is 4.23. The van der Waals surface area contributed by atoms with Crippen molar-refractivity contribution in [1.82, 2.24) is 19.9 Å². The van der Waals surface area contributed by atoms with Crippen LogP contribution in [-0.4, -0.2) is 56.7 Å². The minimum absolute atomic E-state index is 0.0135. The summed E-state index contributed by atoms with van der Waals surface area (Å²) in [5.41, 5.74) is 0.282. The van der Waals surface area contributed by atoms with Crippen LogP contribution in [0.15, 0.2) is 18.3 Å². The number of hydrogen-bond donors (Lipinski definition) is 2. The summed E-state index contributed by atoms with van der Waals surface area (Å²) in [6.07, 6.45) is 5.31. The summed E-state index contributed by atoms with van der Waals surface area (Å²) in [5, 5.41) is 11.2. The molecule has 0 aromatic carbocycles. The number of carbonyl (C=O) groups excluding carboxylic acids is 1. The van der Waals surface area contributed by atoms with Crippen LogP contribution in [0.25, 0.3) is 5.52 Å². The molecular weight excluding hydrogens is 421 g/mol. The Morgan fingerprint density at radius 1 is 1.12 bits per heavy atom. The highest BCUT2D eigenvalue weighted by Gasteiger charge is 2.52. The molecule has 1 saturated heterocycles. The van der Waals surface area contributed by atoms with Gasteiger partial charge in [0, 0.05) is 6.04 Å². The van der Waals surface area contributed by atoms with Crippen molar-refractivity contribution in [2.45, 2.75) is 103 Å². The van der Waals surface area contributed by atoms with E-state index in [1.54, 1.807) is 6.20 Å². The van der Waals surface area contributed by atoms with Gasteiger partial charge in [0.15, 0.2) is 0 Å². The molecule has 0 bridgehead atoms. The molecule has 0 spiro atoms. The molecule has 4 rings (SSSR count). The SMILES string of the molecule is CC(C)(C)OC(=O)NC1CCCCC1Nc1ncc2ccc(B3OC(C)(C)C(C)(C)O3)n2n1. The predicted octanol–water partition coefficient (Wildman–Crippen LogP) is 3.28. The molecule has 2 atom stereocenters. The van der Waals surface area contributed by atoms with Gasteiger partial charge in [-0.15, -0.1) is 5.10 Å². The Morgan fingerprint density at radius 3 is 2.39 bits per heavy atom. The Morgan fingerprint density at radius 2 is 1.76 bits per heavy atom. The maximum atomic E-state index is 12.3. The van der Waals surface area contributed by atoms with Crippen molar-refractivity contribution < 1.29 is 18.8 Å². The number of hydrogen-bond acceptors (Lipinski definition) is 7. The van der Waals surface area contributed by atoms with Crippen LogP contribution >= 0.6 is 0 Å². The maximum absolute atomic E-state index is 12.3. The third kappa shape index (κ3) is 5.11. The number of fused-ring (bicyclic) bond motifs is 1. The molecular formula is C23H36BN5O4. The number of ether oxygens (including phenoxy) is 1. The van der Waals surface area contributed by atoms with Gasteiger partial charge >= 0.3 is 13.2 Å². The number of carbonyl (C=O) groups is 1. The topological polar surface area (TPSA) is 99.0 Å². The normalized spacial score (nSPS) is 24.6. The number of rotatable bonds is 4. The van der Waals surface area contributed by atoms with Gasteiger partial charge in [0.25, 0.3) is 0 Å². The van der Waals surface area contributed by atoms with Crippen molar-refractivity contribution >= 4 is 30.3 Å². The first-order valence-corrected chi connectivity index (χ1v) is 11.8. The second kappa shape index (κ2) is 8.47. The van der Waals surface area contributed by atoms with Crippen LogP contribution in [0.4, 0.5) is 10.7 Å². The molecule has 1 amide bonds. The van der Waals surface area contributed by atoms with E-state index >= 15 is 0 Å². The lowest BCUT2D eigenvalue weighted by Gasteiger charge is -2.33. The van der Waals surface area contributed by atoms with Crippen molar-refractivity contribution in [1.29, 1.82) is 0 Å². The van der Waals surface area contributed by atoms with Crippen LogP contribution in [0, 0.1) is 0 Å². The first-order valence-electron chi connectivity index (χ1n) is 11.8. The summed E-state index contributed by atoms with van der Waals surface area (Å²) < 4.78 is 19.7. The number of alkyl carbamates (subject to hydrolysis) is 1. The molecule has 1 aliphatic heterocycles. The Hall–Kier alpha value is -2.33. The summed E-state index contributed by atoms with van der Waals surface area (Å²) in [6, 6.07) is 3.88. The molecule has 2 aromatic rings. The van der Waals surface area contributed by atoms with E-state index in [0.717, 1.165) is 36.8 Å². The van der Waals surface area contributed by atoms with E-state index in [-0.39, 0.29) is 12.1 Å². The fraction of sp³-hybridized carbons (Fsp3) is 0.696. The van der Waals surface area contributed by atoms with Gasteiger partial charge in [0.2, 0.25) is 5.95 Å². The summed E-state index contributed by atoms with van der Waals surface area (Å²) in [6.45, 7) is 13.7. The molecule has 2 aromatic heterocycles. The first kappa shape index (κ1) is 23.8. The number of anilines is 1. The first-order chi connectivity index (χ1) is 15.3. The second-order valence-electron chi connectivity index (χ2n) is 11.1. The molecule has 33 heavy (non-hydrogen) atoms. The Labute approximate surface area is 196 Å². The van der Waals surface area contributed by atoms with Gasteiger partial charge in [-0.3, -0.25) is 0 Å². The minimum Gasteiger partial charge on any atom is -0.444 e. The highest BCUT2D eigenvalue weighted by molar-refractivity contribution is 6.61. The zero-order chi connectivity index (χ0) is 24.0. The van der Waals surface area contributed by atoms with E-state index < -0.39 is 30.0 Å². The number of amides is 1. The van der Waals surface area contributed by atoms with Gasteiger partial charge in [-0.1, -0.05) is 12.8 Å². The highest BCUT2D eigenvalue weighted by Crippen LogP contribution is 2.36. The van der Waals surface area contributed by atoms with Gasteiger partial charge < -0.3 is 24.7 Å². The Kier molecular flexibility index (Phi) is 6.11. The summed E-state index contributed by atoms with van der Waals surface area (Å²) in [7, 11) is -0.517. The second-order valence-corrected chi connectivity index (χ2v) is 11.1. The van der Waals surface area contributed by atoms with E-state index in [4.69, 9.17) is 19.1 Å². The molecule has 1 saturated carbocycles. The fourth-order valence-electron chi connectivity index (χ4n) is 4.23. The van der Waals surface area contributed by atoms with Crippen molar-refractivity contribution in [2.75, 3.05) is 5.32 Å². The predicted molar refractivity (Wildman–Crippen MR) is 128 cm³/mol. The van der Waals surface area contributed by atoms with E-state index in [0.29, 0.717) is 5.95 Å². The summed E-state index contributed by atoms with van der Waals surface area (Å²) >= 11 is 0. The highest BCUT2D eigenvalue weighted by atomic mass is 16.7. The third-order valence-corrected chi connectivity index (χ3v) is 6.71. The zero-order valence-electron chi connectivity index (χ0n) is 20.8. The molecule has 180 valence electrons. The molecule has 2 aliphatic rings. The lowest BCUT2D eigenvalue weighted by Crippen LogP contribution is -2.50. The van der Waals surface area contributed by atoms with Crippen LogP contribution in [-0.2, 0) is 14.0 Å². The smallest absolute Gasteiger partial charge is 0.444 e. The van der Waals surface area contributed by atoms with Crippen molar-refractivity contribution in [2.24, 2.45) is 0 Å². The average molecular weight is 457 g/mol. The van der Waals surface area contributed by atoms with Gasteiger partial charge in [-0.2, -0.15) is 0 Å². The standard InChI is InChI=1S/C23H36BN5O4/c1-21(2,3)31-20(30)27-17-11-9-8-10-16(17)26-19-25-14-15-12-13-18(29(15)28-19)24-32-22(4,5)23(6,7)33-24/h12-14,16-17H,8-11H2,1-7H3,(H,26,28)(H,27,30). The molecule has 10 heteroatoms. The van der Waals surface area contributed by atoms with Gasteiger partial charge in [0.1, 0.15) is 5.60 Å². The molecule has 2 N–H and O–H groups in total. The lowest BCUT2D eigenvalue weighted by atomic mass is 9.85. The van der Waals surface area contributed by atoms with E-state index in [9.17, 15) is 4.79 Å². The zero-order valence-corrected chi connectivity index (χ0v) is 20.8. The molecule has 1 aliphatic carbocycles. The molecule has 9 nitrogen and oxygen atoms in total. The molecule has 3 heterocycles. The molecule has 0 radical (unpaired) electrons. The van der Waals surface area contributed by atoms with Gasteiger partial charge in [-0.05, 0) is 73.4 Å². The average Bonchev–Trinajstić information content (AvgIpc) is 3.19. The minimum atomic E-state index is -0.534. The number of nitrogens with one attached hydrogen (secondary N) is 2. The van der Waals surface area contributed by atoms with Gasteiger partial charge in [-0.25, -0.2) is 14.3 Å². The van der Waals surface area contributed by atoms with Gasteiger partial charge in [0.05, 0.1) is 34.6 Å². The van der Waals surface area contributed by atoms with Crippen molar-refractivity contribution in [3.05, 3.63) is 18.3 Å². The van der Waals surface area contributed by atoms with Crippen LogP contribution in [0.5, 0.6) is 0 Å². The van der Waals surface area contributed by atoms with Crippen molar-refractivity contribution in [3.63, 3.8) is 0 Å². The Bertz CT molecular complexity index is 1000.